The average Bonchev–Trinajstić information content (AvgIpc) is 2.74. The molecule has 1 N–H and O–H groups in total. The molecule has 0 bridgehead atoms. The van der Waals surface area contributed by atoms with E-state index in [9.17, 15) is 9.59 Å². The predicted molar refractivity (Wildman–Crippen MR) is 114 cm³/mol. The van der Waals surface area contributed by atoms with Gasteiger partial charge in [-0.1, -0.05) is 48.5 Å². The number of carbonyl (C=O) groups is 2. The molecule has 0 aliphatic carbocycles. The monoisotopic (exact) mass is 388 g/mol. The highest BCUT2D eigenvalue weighted by molar-refractivity contribution is 5.95. The number of carbonyl (C=O) groups excluding carboxylic acids is 2. The first-order chi connectivity index (χ1) is 14.0. The number of hydrogen-bond donors (Lipinski definition) is 1. The van der Waals surface area contributed by atoms with Crippen LogP contribution >= 0.6 is 0 Å². The quantitative estimate of drug-likeness (QED) is 0.666. The van der Waals surface area contributed by atoms with Gasteiger partial charge in [-0.25, -0.2) is 0 Å². The van der Waals surface area contributed by atoms with Crippen molar-refractivity contribution in [2.45, 2.75) is 6.42 Å². The average molecular weight is 388 g/mol. The second-order valence-electron chi connectivity index (χ2n) is 6.88. The number of ether oxygens (including phenoxy) is 1. The van der Waals surface area contributed by atoms with Crippen LogP contribution in [-0.2, 0) is 11.2 Å². The summed E-state index contributed by atoms with van der Waals surface area (Å²) in [6.07, 6.45) is 0.736. The molecule has 0 aliphatic heterocycles. The van der Waals surface area contributed by atoms with Crippen molar-refractivity contribution in [1.29, 1.82) is 0 Å². The molecule has 29 heavy (non-hydrogen) atoms. The minimum Gasteiger partial charge on any atom is -0.483 e. The molecule has 0 fully saturated rings. The van der Waals surface area contributed by atoms with Crippen LogP contribution in [0.2, 0.25) is 0 Å². The van der Waals surface area contributed by atoms with Gasteiger partial charge in [-0.2, -0.15) is 0 Å². The highest BCUT2D eigenvalue weighted by atomic mass is 16.5. The fourth-order valence-corrected chi connectivity index (χ4v) is 2.90. The molecule has 5 nitrogen and oxygen atoms in total. The van der Waals surface area contributed by atoms with Gasteiger partial charge in [-0.05, 0) is 41.5 Å². The van der Waals surface area contributed by atoms with E-state index < -0.39 is 0 Å². The summed E-state index contributed by atoms with van der Waals surface area (Å²) in [7, 11) is 3.40. The van der Waals surface area contributed by atoms with Crippen LogP contribution in [0.15, 0.2) is 78.9 Å². The van der Waals surface area contributed by atoms with E-state index in [1.54, 1.807) is 38.4 Å². The lowest BCUT2D eigenvalue weighted by Crippen LogP contribution is -2.22. The number of anilines is 1. The third-order valence-corrected chi connectivity index (χ3v) is 4.39. The zero-order chi connectivity index (χ0) is 20.6. The zero-order valence-electron chi connectivity index (χ0n) is 16.6. The predicted octanol–water partition coefficient (Wildman–Crippen LogP) is 4.00. The molecule has 5 heteroatoms. The van der Waals surface area contributed by atoms with E-state index in [1.807, 2.05) is 42.5 Å². The Bertz CT molecular complexity index is 967. The summed E-state index contributed by atoms with van der Waals surface area (Å²) < 4.78 is 5.76. The van der Waals surface area contributed by atoms with E-state index >= 15 is 0 Å². The van der Waals surface area contributed by atoms with Crippen LogP contribution < -0.4 is 10.1 Å². The normalized spacial score (nSPS) is 10.3. The second-order valence-corrected chi connectivity index (χ2v) is 6.88. The summed E-state index contributed by atoms with van der Waals surface area (Å²) in [5, 5.41) is 2.79. The molecule has 0 aliphatic rings. The Morgan fingerprint density at radius 1 is 0.862 bits per heavy atom. The van der Waals surface area contributed by atoms with Crippen molar-refractivity contribution < 1.29 is 14.3 Å². The van der Waals surface area contributed by atoms with E-state index in [-0.39, 0.29) is 18.4 Å². The standard InChI is InChI=1S/C24H24N2O3/c1-26(2)24(28)19-12-14-21(15-13-19)25-23(27)17-29-22-11-7-6-10-20(22)16-18-8-4-3-5-9-18/h3-15H,16-17H2,1-2H3,(H,25,27). The number of benzene rings is 3. The van der Waals surface area contributed by atoms with Crippen molar-refractivity contribution in [2.75, 3.05) is 26.0 Å². The Morgan fingerprint density at radius 2 is 1.52 bits per heavy atom. The Morgan fingerprint density at radius 3 is 2.21 bits per heavy atom. The number of nitrogens with one attached hydrogen (secondary N) is 1. The van der Waals surface area contributed by atoms with Crippen molar-refractivity contribution >= 4 is 17.5 Å². The molecule has 3 rings (SSSR count). The molecule has 0 unspecified atom stereocenters. The Hall–Kier alpha value is -3.60. The van der Waals surface area contributed by atoms with Crippen molar-refractivity contribution in [3.05, 3.63) is 95.6 Å². The minimum absolute atomic E-state index is 0.0822. The topological polar surface area (TPSA) is 58.6 Å². The Labute approximate surface area is 170 Å². The van der Waals surface area contributed by atoms with Crippen molar-refractivity contribution in [2.24, 2.45) is 0 Å². The van der Waals surface area contributed by atoms with Crippen LogP contribution in [0.5, 0.6) is 5.75 Å². The number of hydrogen-bond acceptors (Lipinski definition) is 3. The fourth-order valence-electron chi connectivity index (χ4n) is 2.90. The van der Waals surface area contributed by atoms with Crippen LogP contribution in [0.25, 0.3) is 0 Å². The molecule has 3 aromatic carbocycles. The third kappa shape index (κ3) is 5.69. The summed E-state index contributed by atoms with van der Waals surface area (Å²) in [5.41, 5.74) is 3.39. The molecular weight excluding hydrogens is 364 g/mol. The smallest absolute Gasteiger partial charge is 0.262 e. The summed E-state index contributed by atoms with van der Waals surface area (Å²) in [5.74, 6) is 0.353. The first kappa shape index (κ1) is 20.1. The minimum atomic E-state index is -0.258. The maximum absolute atomic E-state index is 12.3. The summed E-state index contributed by atoms with van der Waals surface area (Å²) in [4.78, 5) is 25.7. The molecule has 0 heterocycles. The van der Waals surface area contributed by atoms with Crippen LogP contribution in [0, 0.1) is 0 Å². The van der Waals surface area contributed by atoms with Gasteiger partial charge in [-0.15, -0.1) is 0 Å². The SMILES string of the molecule is CN(C)C(=O)c1ccc(NC(=O)COc2ccccc2Cc2ccccc2)cc1. The molecule has 0 spiro atoms. The Kier molecular flexibility index (Phi) is 6.63. The van der Waals surface area contributed by atoms with E-state index in [1.165, 1.54) is 10.5 Å². The van der Waals surface area contributed by atoms with Crippen LogP contribution in [0.4, 0.5) is 5.69 Å². The molecule has 0 saturated carbocycles. The Balaban J connectivity index is 1.58. The molecule has 0 radical (unpaired) electrons. The van der Waals surface area contributed by atoms with E-state index in [2.05, 4.69) is 17.4 Å². The molecule has 2 amide bonds. The number of rotatable bonds is 7. The van der Waals surface area contributed by atoms with Gasteiger partial charge in [0.1, 0.15) is 5.75 Å². The van der Waals surface area contributed by atoms with Gasteiger partial charge in [0, 0.05) is 31.8 Å². The maximum Gasteiger partial charge on any atom is 0.262 e. The van der Waals surface area contributed by atoms with E-state index in [0.29, 0.717) is 17.0 Å². The lowest BCUT2D eigenvalue weighted by molar-refractivity contribution is -0.118. The first-order valence-electron chi connectivity index (χ1n) is 9.39. The van der Waals surface area contributed by atoms with Crippen LogP contribution in [0.1, 0.15) is 21.5 Å². The maximum atomic E-state index is 12.3. The summed E-state index contributed by atoms with van der Waals surface area (Å²) >= 11 is 0. The fraction of sp³-hybridized carbons (Fsp3) is 0.167. The van der Waals surface area contributed by atoms with Gasteiger partial charge in [0.25, 0.3) is 11.8 Å². The van der Waals surface area contributed by atoms with Crippen molar-refractivity contribution in [3.63, 3.8) is 0 Å². The number of nitrogens with zero attached hydrogens (tertiary/aromatic N) is 1. The lowest BCUT2D eigenvalue weighted by Gasteiger charge is -2.13. The molecule has 0 saturated heterocycles. The highest BCUT2D eigenvalue weighted by Crippen LogP contribution is 2.21. The molecule has 148 valence electrons. The third-order valence-electron chi connectivity index (χ3n) is 4.39. The molecular formula is C24H24N2O3. The van der Waals surface area contributed by atoms with Gasteiger partial charge < -0.3 is 15.0 Å². The van der Waals surface area contributed by atoms with Crippen LogP contribution in [0.3, 0.4) is 0 Å². The van der Waals surface area contributed by atoms with E-state index in [4.69, 9.17) is 4.74 Å². The largest absolute Gasteiger partial charge is 0.483 e. The van der Waals surface area contributed by atoms with Crippen molar-refractivity contribution in [3.8, 4) is 5.75 Å². The van der Waals surface area contributed by atoms with Crippen molar-refractivity contribution in [1.82, 2.24) is 4.90 Å². The highest BCUT2D eigenvalue weighted by Gasteiger charge is 2.10. The van der Waals surface area contributed by atoms with Crippen LogP contribution in [-0.4, -0.2) is 37.4 Å². The van der Waals surface area contributed by atoms with Gasteiger partial charge in [0.05, 0.1) is 0 Å². The molecule has 3 aromatic rings. The van der Waals surface area contributed by atoms with Gasteiger partial charge in [0.2, 0.25) is 0 Å². The summed E-state index contributed by atoms with van der Waals surface area (Å²) in [6, 6.07) is 24.6. The van der Waals surface area contributed by atoms with Gasteiger partial charge in [0.15, 0.2) is 6.61 Å². The number of amides is 2. The van der Waals surface area contributed by atoms with Gasteiger partial charge in [-0.3, -0.25) is 9.59 Å². The number of para-hydroxylation sites is 1. The molecule has 0 aromatic heterocycles. The van der Waals surface area contributed by atoms with E-state index in [0.717, 1.165) is 12.0 Å². The second kappa shape index (κ2) is 9.55. The zero-order valence-corrected chi connectivity index (χ0v) is 16.6. The molecule has 0 atom stereocenters. The summed E-state index contributed by atoms with van der Waals surface area (Å²) in [6.45, 7) is -0.0931. The van der Waals surface area contributed by atoms with Gasteiger partial charge >= 0.3 is 0 Å². The lowest BCUT2D eigenvalue weighted by atomic mass is 10.0. The first-order valence-corrected chi connectivity index (χ1v) is 9.39.